The van der Waals surface area contributed by atoms with Gasteiger partial charge in [-0.3, -0.25) is 9.69 Å². The summed E-state index contributed by atoms with van der Waals surface area (Å²) in [7, 11) is 1.64. The van der Waals surface area contributed by atoms with Gasteiger partial charge in [0.15, 0.2) is 24.0 Å². The lowest BCUT2D eigenvalue weighted by atomic mass is 9.72. The highest BCUT2D eigenvalue weighted by atomic mass is 16.5. The van der Waals surface area contributed by atoms with Crippen molar-refractivity contribution in [2.75, 3.05) is 26.8 Å². The number of hydrogen-bond donors (Lipinski definition) is 2. The van der Waals surface area contributed by atoms with E-state index in [0.717, 1.165) is 29.8 Å². The molecular formula is C23H33NO5. The Labute approximate surface area is 172 Å². The number of aliphatic hydroxyl groups is 2. The lowest BCUT2D eigenvalue weighted by Gasteiger charge is -2.34. The molecule has 1 aliphatic heterocycles. The van der Waals surface area contributed by atoms with Crippen LogP contribution < -0.4 is 9.47 Å². The van der Waals surface area contributed by atoms with Crippen molar-refractivity contribution in [2.45, 2.75) is 51.4 Å². The van der Waals surface area contributed by atoms with Gasteiger partial charge in [-0.25, -0.2) is 0 Å². The average molecular weight is 404 g/mol. The predicted molar refractivity (Wildman–Crippen MR) is 109 cm³/mol. The van der Waals surface area contributed by atoms with E-state index in [0.29, 0.717) is 31.0 Å². The van der Waals surface area contributed by atoms with Gasteiger partial charge in [0.2, 0.25) is 0 Å². The van der Waals surface area contributed by atoms with Crippen molar-refractivity contribution < 1.29 is 24.5 Å². The Morgan fingerprint density at radius 1 is 1.28 bits per heavy atom. The maximum atomic E-state index is 11.1. The predicted octanol–water partition coefficient (Wildman–Crippen LogP) is 2.42. The van der Waals surface area contributed by atoms with E-state index >= 15 is 0 Å². The van der Waals surface area contributed by atoms with Gasteiger partial charge in [0.1, 0.15) is 0 Å². The molecule has 5 unspecified atom stereocenters. The number of fused-ring (bicyclic) bond motifs is 1. The largest absolute Gasteiger partial charge is 0.493 e. The molecule has 0 bridgehead atoms. The Balaban J connectivity index is 1.55. The third kappa shape index (κ3) is 3.66. The van der Waals surface area contributed by atoms with Crippen molar-refractivity contribution in [2.24, 2.45) is 23.2 Å². The molecule has 2 N–H and O–H groups in total. The molecule has 6 nitrogen and oxygen atoms in total. The Hall–Kier alpha value is -1.63. The van der Waals surface area contributed by atoms with Crippen LogP contribution in [0.4, 0.5) is 0 Å². The fourth-order valence-corrected chi connectivity index (χ4v) is 5.68. The molecule has 1 saturated heterocycles. The molecule has 29 heavy (non-hydrogen) atoms. The van der Waals surface area contributed by atoms with Gasteiger partial charge in [-0.05, 0) is 55.2 Å². The van der Waals surface area contributed by atoms with Crippen LogP contribution in [0, 0.1) is 23.2 Å². The summed E-state index contributed by atoms with van der Waals surface area (Å²) in [5.41, 5.74) is 0.546. The number of rotatable bonds is 8. The summed E-state index contributed by atoms with van der Waals surface area (Å²) < 4.78 is 11.7. The molecular weight excluding hydrogens is 370 g/mol. The fraction of sp³-hybridized carbons (Fsp3) is 0.696. The number of ether oxygens (including phenoxy) is 2. The van der Waals surface area contributed by atoms with E-state index in [9.17, 15) is 15.0 Å². The zero-order valence-electron chi connectivity index (χ0n) is 17.6. The van der Waals surface area contributed by atoms with Crippen molar-refractivity contribution in [3.8, 4) is 11.5 Å². The van der Waals surface area contributed by atoms with Crippen molar-refractivity contribution >= 4 is 6.29 Å². The zero-order chi connectivity index (χ0) is 20.8. The molecule has 3 fully saturated rings. The number of carbonyl (C=O) groups excluding carboxylic acids is 1. The van der Waals surface area contributed by atoms with Crippen LogP contribution in [0.2, 0.25) is 0 Å². The third-order valence-corrected chi connectivity index (χ3v) is 7.81. The van der Waals surface area contributed by atoms with Gasteiger partial charge in [-0.1, -0.05) is 19.4 Å². The maximum Gasteiger partial charge on any atom is 0.163 e. The molecule has 6 atom stereocenters. The number of likely N-dealkylation sites (tertiary alicyclic amines) is 1. The Morgan fingerprint density at radius 3 is 2.62 bits per heavy atom. The molecule has 160 valence electrons. The van der Waals surface area contributed by atoms with E-state index in [4.69, 9.17) is 9.47 Å². The molecule has 1 aromatic carbocycles. The van der Waals surface area contributed by atoms with E-state index in [1.165, 1.54) is 19.3 Å². The molecule has 3 aliphatic rings. The second-order valence-electron chi connectivity index (χ2n) is 9.36. The van der Waals surface area contributed by atoms with Crippen LogP contribution >= 0.6 is 0 Å². The zero-order valence-corrected chi connectivity index (χ0v) is 17.6. The topological polar surface area (TPSA) is 79.2 Å². The molecule has 4 rings (SSSR count). The molecule has 2 saturated carbocycles. The van der Waals surface area contributed by atoms with E-state index < -0.39 is 17.7 Å². The van der Waals surface area contributed by atoms with Gasteiger partial charge in [0.25, 0.3) is 0 Å². The number of benzene rings is 1. The van der Waals surface area contributed by atoms with Crippen molar-refractivity contribution in [3.63, 3.8) is 0 Å². The molecule has 0 aromatic heterocycles. The summed E-state index contributed by atoms with van der Waals surface area (Å²) in [6.45, 7) is 5.46. The summed E-state index contributed by atoms with van der Waals surface area (Å²) in [4.78, 5) is 12.8. The highest BCUT2D eigenvalue weighted by Crippen LogP contribution is 2.57. The van der Waals surface area contributed by atoms with Crippen LogP contribution in [0.25, 0.3) is 0 Å². The quantitative estimate of drug-likeness (QED) is 0.649. The highest BCUT2D eigenvalue weighted by Gasteiger charge is 2.53. The molecule has 0 spiro atoms. The average Bonchev–Trinajstić information content (AvgIpc) is 3.05. The SMILES string of the molecule is COc1ccc(C2CN(C(O)C=O)CC2(C)[C@@H](C)O)cc1OCC1C2CCCC21. The Bertz CT molecular complexity index is 743. The van der Waals surface area contributed by atoms with Crippen LogP contribution in [-0.2, 0) is 4.79 Å². The van der Waals surface area contributed by atoms with E-state index in [2.05, 4.69) is 0 Å². The van der Waals surface area contributed by atoms with Crippen LogP contribution in [-0.4, -0.2) is 60.5 Å². The number of carbonyl (C=O) groups is 1. The standard InChI is InChI=1S/C23H33NO5/c1-14(26)23(2)13-24(22(27)11-25)10-19(23)15-7-8-20(28-3)21(9-15)29-12-18-16-5-4-6-17(16)18/h7-9,11,14,16-19,22,26-27H,4-6,10,12-13H2,1-3H3/t14-,16?,17?,18?,19?,22?,23?/m1/s1. The first kappa shape index (κ1) is 20.6. The third-order valence-electron chi connectivity index (χ3n) is 7.81. The minimum atomic E-state index is -1.15. The monoisotopic (exact) mass is 403 g/mol. The molecule has 2 aliphatic carbocycles. The maximum absolute atomic E-state index is 11.1. The summed E-state index contributed by atoms with van der Waals surface area (Å²) in [6, 6.07) is 5.93. The number of methoxy groups -OCH3 is 1. The first-order valence-corrected chi connectivity index (χ1v) is 10.7. The van der Waals surface area contributed by atoms with Gasteiger partial charge in [0.05, 0.1) is 19.8 Å². The fourth-order valence-electron chi connectivity index (χ4n) is 5.68. The van der Waals surface area contributed by atoms with Crippen molar-refractivity contribution in [1.29, 1.82) is 0 Å². The lowest BCUT2D eigenvalue weighted by Crippen LogP contribution is -2.39. The normalized spacial score (nSPS) is 35.8. The van der Waals surface area contributed by atoms with Crippen LogP contribution in [0.5, 0.6) is 11.5 Å². The second-order valence-corrected chi connectivity index (χ2v) is 9.36. The van der Waals surface area contributed by atoms with Crippen LogP contribution in [0.15, 0.2) is 18.2 Å². The Morgan fingerprint density at radius 2 is 2.00 bits per heavy atom. The van der Waals surface area contributed by atoms with Crippen LogP contribution in [0.1, 0.15) is 44.6 Å². The molecule has 6 heteroatoms. The molecule has 1 aromatic rings. The van der Waals surface area contributed by atoms with E-state index in [-0.39, 0.29) is 5.92 Å². The van der Waals surface area contributed by atoms with Crippen molar-refractivity contribution in [3.05, 3.63) is 23.8 Å². The minimum Gasteiger partial charge on any atom is -0.493 e. The van der Waals surface area contributed by atoms with Gasteiger partial charge in [-0.2, -0.15) is 0 Å². The van der Waals surface area contributed by atoms with E-state index in [1.807, 2.05) is 25.1 Å². The molecule has 0 radical (unpaired) electrons. The summed E-state index contributed by atoms with van der Waals surface area (Å²) in [5.74, 6) is 3.76. The summed E-state index contributed by atoms with van der Waals surface area (Å²) in [6.07, 6.45) is 2.82. The lowest BCUT2D eigenvalue weighted by molar-refractivity contribution is -0.123. The van der Waals surface area contributed by atoms with Gasteiger partial charge < -0.3 is 19.7 Å². The number of nitrogens with zero attached hydrogens (tertiary/aromatic N) is 1. The summed E-state index contributed by atoms with van der Waals surface area (Å²) >= 11 is 0. The first-order chi connectivity index (χ1) is 13.9. The molecule has 0 amide bonds. The smallest absolute Gasteiger partial charge is 0.163 e. The van der Waals surface area contributed by atoms with Gasteiger partial charge in [-0.15, -0.1) is 0 Å². The highest BCUT2D eigenvalue weighted by molar-refractivity contribution is 5.55. The minimum absolute atomic E-state index is 0.0364. The van der Waals surface area contributed by atoms with E-state index in [1.54, 1.807) is 18.9 Å². The van der Waals surface area contributed by atoms with Gasteiger partial charge in [0, 0.05) is 24.4 Å². The first-order valence-electron chi connectivity index (χ1n) is 10.7. The molecule has 1 heterocycles. The number of hydrogen-bond acceptors (Lipinski definition) is 6. The number of aldehydes is 1. The second kappa shape index (κ2) is 7.89. The van der Waals surface area contributed by atoms with Crippen LogP contribution in [0.3, 0.4) is 0 Å². The Kier molecular flexibility index (Phi) is 5.62. The number of aliphatic hydroxyl groups excluding tert-OH is 2. The summed E-state index contributed by atoms with van der Waals surface area (Å²) in [5, 5.41) is 20.5. The van der Waals surface area contributed by atoms with Crippen molar-refractivity contribution in [1.82, 2.24) is 4.90 Å². The van der Waals surface area contributed by atoms with Gasteiger partial charge >= 0.3 is 0 Å².